The molecule has 0 radical (unpaired) electrons. The van der Waals surface area contributed by atoms with Gasteiger partial charge < -0.3 is 10.2 Å². The van der Waals surface area contributed by atoms with E-state index in [0.717, 1.165) is 35.6 Å². The number of amides is 1. The summed E-state index contributed by atoms with van der Waals surface area (Å²) in [5.41, 5.74) is 6.36. The highest BCUT2D eigenvalue weighted by atomic mass is 16.6. The summed E-state index contributed by atoms with van der Waals surface area (Å²) in [5.74, 6) is 0.451. The number of benzene rings is 2. The summed E-state index contributed by atoms with van der Waals surface area (Å²) in [7, 11) is 0. The Labute approximate surface area is 193 Å². The van der Waals surface area contributed by atoms with Gasteiger partial charge in [0.25, 0.3) is 5.69 Å². The van der Waals surface area contributed by atoms with E-state index in [2.05, 4.69) is 46.2 Å². The fourth-order valence-corrected chi connectivity index (χ4v) is 3.71. The summed E-state index contributed by atoms with van der Waals surface area (Å²) < 4.78 is 0. The van der Waals surface area contributed by atoms with E-state index in [-0.39, 0.29) is 10.6 Å². The molecular formula is C25H29N5O3. The van der Waals surface area contributed by atoms with Crippen LogP contribution in [0.2, 0.25) is 0 Å². The second kappa shape index (κ2) is 11.2. The first-order chi connectivity index (χ1) is 15.9. The van der Waals surface area contributed by atoms with Crippen molar-refractivity contribution in [3.05, 3.63) is 75.6 Å². The van der Waals surface area contributed by atoms with Crippen LogP contribution in [0.25, 0.3) is 11.3 Å². The van der Waals surface area contributed by atoms with Crippen LogP contribution in [0.15, 0.2) is 48.8 Å². The minimum Gasteiger partial charge on any atom is -0.372 e. The van der Waals surface area contributed by atoms with Crippen molar-refractivity contribution in [2.24, 2.45) is 0 Å². The van der Waals surface area contributed by atoms with E-state index in [1.807, 2.05) is 18.2 Å². The van der Waals surface area contributed by atoms with Crippen molar-refractivity contribution in [2.45, 2.75) is 40.0 Å². The Bertz CT molecular complexity index is 1110. The molecule has 8 nitrogen and oxygen atoms in total. The fraction of sp³-hybridized carbons (Fsp3) is 0.320. The van der Waals surface area contributed by atoms with Crippen LogP contribution in [0.3, 0.4) is 0 Å². The van der Waals surface area contributed by atoms with Gasteiger partial charge in [0, 0.05) is 36.0 Å². The van der Waals surface area contributed by atoms with Crippen LogP contribution in [0.1, 0.15) is 36.0 Å². The van der Waals surface area contributed by atoms with E-state index in [9.17, 15) is 14.9 Å². The third kappa shape index (κ3) is 6.35. The van der Waals surface area contributed by atoms with Crippen molar-refractivity contribution in [1.29, 1.82) is 0 Å². The molecule has 1 fully saturated rings. The van der Waals surface area contributed by atoms with Gasteiger partial charge in [-0.3, -0.25) is 19.9 Å². The number of nitrogens with one attached hydrogen (secondary N) is 1. The predicted molar refractivity (Wildman–Crippen MR) is 131 cm³/mol. The van der Waals surface area contributed by atoms with Crippen molar-refractivity contribution in [1.82, 2.24) is 9.97 Å². The average molecular weight is 448 g/mol. The first kappa shape index (κ1) is 23.8. The maximum absolute atomic E-state index is 10.7. The number of nitro groups is 1. The van der Waals surface area contributed by atoms with Crippen LogP contribution in [0, 0.1) is 30.9 Å². The summed E-state index contributed by atoms with van der Waals surface area (Å²) in [5, 5.41) is 13.2. The van der Waals surface area contributed by atoms with E-state index in [0.29, 0.717) is 12.2 Å². The van der Waals surface area contributed by atoms with Gasteiger partial charge in [0.05, 0.1) is 23.0 Å². The molecule has 1 aliphatic heterocycles. The zero-order valence-electron chi connectivity index (χ0n) is 19.2. The molecule has 8 heteroatoms. The molecule has 1 aromatic heterocycles. The first-order valence-electron chi connectivity index (χ1n) is 11.0. The highest BCUT2D eigenvalue weighted by Crippen LogP contribution is 2.26. The first-order valence-corrected chi connectivity index (χ1v) is 11.0. The summed E-state index contributed by atoms with van der Waals surface area (Å²) in [6, 6.07) is 11.5. The number of carbonyl (C=O) groups excluding carboxylic acids is 1. The Morgan fingerprint density at radius 3 is 2.27 bits per heavy atom. The van der Waals surface area contributed by atoms with Gasteiger partial charge in [-0.05, 0) is 69.4 Å². The van der Waals surface area contributed by atoms with Crippen LogP contribution < -0.4 is 10.2 Å². The van der Waals surface area contributed by atoms with Gasteiger partial charge in [-0.1, -0.05) is 12.1 Å². The molecule has 0 spiro atoms. The maximum atomic E-state index is 10.7. The van der Waals surface area contributed by atoms with Crippen molar-refractivity contribution >= 4 is 23.6 Å². The van der Waals surface area contributed by atoms with Crippen molar-refractivity contribution < 1.29 is 9.72 Å². The number of hydrogen-bond donors (Lipinski definition) is 1. The standard InChI is InChI=1S/C13H13N3O.C12H16N2O2/c1-9-3-4-11(5-10(9)2)12-6-15-13(7-14-12)16-8-17;1-10-9-11(5-6-12(10)14(15)16)13-7-3-2-4-8-13/h3-8H,1-2H3,(H,15,16,17);5-6,9H,2-4,7-8H2,1H3. The zero-order chi connectivity index (χ0) is 23.8. The third-order valence-corrected chi connectivity index (χ3v) is 5.76. The van der Waals surface area contributed by atoms with Crippen molar-refractivity contribution in [3.8, 4) is 11.3 Å². The van der Waals surface area contributed by atoms with E-state index in [4.69, 9.17) is 0 Å². The van der Waals surface area contributed by atoms with Gasteiger partial charge in [0.1, 0.15) is 0 Å². The minimum atomic E-state index is -0.324. The van der Waals surface area contributed by atoms with Crippen LogP contribution in [-0.2, 0) is 4.79 Å². The lowest BCUT2D eigenvalue weighted by molar-refractivity contribution is -0.385. The Morgan fingerprint density at radius 1 is 0.939 bits per heavy atom. The van der Waals surface area contributed by atoms with Gasteiger partial charge in [-0.15, -0.1) is 0 Å². The van der Waals surface area contributed by atoms with Crippen LogP contribution in [-0.4, -0.2) is 34.4 Å². The van der Waals surface area contributed by atoms with Crippen LogP contribution in [0.4, 0.5) is 17.2 Å². The van der Waals surface area contributed by atoms with Crippen molar-refractivity contribution in [3.63, 3.8) is 0 Å². The zero-order valence-corrected chi connectivity index (χ0v) is 19.2. The highest BCUT2D eigenvalue weighted by molar-refractivity contribution is 5.69. The molecule has 3 aromatic rings. The SMILES string of the molecule is Cc1cc(N2CCCCC2)ccc1[N+](=O)[O-].Cc1ccc(-c2cnc(NC=O)cn2)cc1C. The number of nitro benzene ring substituents is 1. The Kier molecular flexibility index (Phi) is 8.07. The van der Waals surface area contributed by atoms with Gasteiger partial charge in [-0.25, -0.2) is 4.98 Å². The summed E-state index contributed by atoms with van der Waals surface area (Å²) in [6.45, 7) is 8.07. The Morgan fingerprint density at radius 2 is 1.70 bits per heavy atom. The van der Waals surface area contributed by atoms with Crippen molar-refractivity contribution in [2.75, 3.05) is 23.3 Å². The number of rotatable bonds is 5. The number of carbonyl (C=O) groups is 1. The predicted octanol–water partition coefficient (Wildman–Crippen LogP) is 5.22. The maximum Gasteiger partial charge on any atom is 0.272 e. The van der Waals surface area contributed by atoms with Crippen LogP contribution in [0.5, 0.6) is 0 Å². The quantitative estimate of drug-likeness (QED) is 0.327. The van der Waals surface area contributed by atoms with E-state index in [1.165, 1.54) is 30.4 Å². The Hall–Kier alpha value is -3.81. The molecule has 0 bridgehead atoms. The normalized spacial score (nSPS) is 13.0. The molecule has 0 atom stereocenters. The monoisotopic (exact) mass is 447 g/mol. The molecule has 1 aliphatic rings. The molecular weight excluding hydrogens is 418 g/mol. The van der Waals surface area contributed by atoms with Gasteiger partial charge in [0.2, 0.25) is 6.41 Å². The molecule has 0 saturated carbocycles. The second-order valence-electron chi connectivity index (χ2n) is 8.12. The van der Waals surface area contributed by atoms with E-state index in [1.54, 1.807) is 25.4 Å². The Balaban J connectivity index is 0.000000186. The average Bonchev–Trinajstić information content (AvgIpc) is 2.82. The number of nitrogens with zero attached hydrogens (tertiary/aromatic N) is 4. The largest absolute Gasteiger partial charge is 0.372 e. The number of anilines is 2. The molecule has 1 N–H and O–H groups in total. The third-order valence-electron chi connectivity index (χ3n) is 5.76. The lowest BCUT2D eigenvalue weighted by Gasteiger charge is -2.28. The second-order valence-corrected chi connectivity index (χ2v) is 8.12. The molecule has 4 rings (SSSR count). The van der Waals surface area contributed by atoms with E-state index < -0.39 is 0 Å². The smallest absolute Gasteiger partial charge is 0.272 e. The lowest BCUT2D eigenvalue weighted by Crippen LogP contribution is -2.29. The van der Waals surface area contributed by atoms with Crippen LogP contribution >= 0.6 is 0 Å². The highest BCUT2D eigenvalue weighted by Gasteiger charge is 2.15. The number of hydrogen-bond acceptors (Lipinski definition) is 6. The number of aryl methyl sites for hydroxylation is 3. The minimum absolute atomic E-state index is 0.209. The fourth-order valence-electron chi connectivity index (χ4n) is 3.71. The van der Waals surface area contributed by atoms with Gasteiger partial charge >= 0.3 is 0 Å². The molecule has 172 valence electrons. The lowest BCUT2D eigenvalue weighted by atomic mass is 10.0. The van der Waals surface area contributed by atoms with Gasteiger partial charge in [-0.2, -0.15) is 0 Å². The van der Waals surface area contributed by atoms with E-state index >= 15 is 0 Å². The summed E-state index contributed by atoms with van der Waals surface area (Å²) in [6.07, 6.45) is 7.50. The molecule has 2 aromatic carbocycles. The topological polar surface area (TPSA) is 101 Å². The molecule has 33 heavy (non-hydrogen) atoms. The summed E-state index contributed by atoms with van der Waals surface area (Å²) in [4.78, 5) is 31.3. The molecule has 0 unspecified atom stereocenters. The molecule has 1 amide bonds. The van der Waals surface area contributed by atoms with Gasteiger partial charge in [0.15, 0.2) is 5.82 Å². The number of aromatic nitrogens is 2. The molecule has 1 saturated heterocycles. The molecule has 0 aliphatic carbocycles. The summed E-state index contributed by atoms with van der Waals surface area (Å²) >= 11 is 0. The molecule has 2 heterocycles. The number of piperidine rings is 1.